The van der Waals surface area contributed by atoms with Crippen LogP contribution in [0.15, 0.2) is 11.6 Å². The number of aliphatic hydroxyl groups excluding tert-OH is 2. The summed E-state index contributed by atoms with van der Waals surface area (Å²) in [6.07, 6.45) is -1.92. The fourth-order valence-electron chi connectivity index (χ4n) is 2.46. The molecule has 1 saturated heterocycles. The Kier molecular flexibility index (Phi) is 4.03. The van der Waals surface area contributed by atoms with Gasteiger partial charge < -0.3 is 29.2 Å². The van der Waals surface area contributed by atoms with Crippen LogP contribution in [0.2, 0.25) is 0 Å². The molecule has 20 heavy (non-hydrogen) atoms. The van der Waals surface area contributed by atoms with Gasteiger partial charge in [0.15, 0.2) is 11.9 Å². The van der Waals surface area contributed by atoms with Gasteiger partial charge in [0.2, 0.25) is 11.6 Å². The second-order valence-electron chi connectivity index (χ2n) is 5.15. The number of ketones is 1. The first-order valence-electron chi connectivity index (χ1n) is 6.31. The Hall–Kier alpha value is -0.830. The van der Waals surface area contributed by atoms with Crippen LogP contribution in [-0.2, 0) is 23.7 Å². The third-order valence-electron chi connectivity index (χ3n) is 4.10. The highest BCUT2D eigenvalue weighted by molar-refractivity contribution is 5.96. The number of fused-ring (bicyclic) bond motifs is 1. The Morgan fingerprint density at radius 2 is 1.80 bits per heavy atom. The number of ether oxygens (including phenoxy) is 4. The second-order valence-corrected chi connectivity index (χ2v) is 5.15. The average molecular weight is 288 g/mol. The van der Waals surface area contributed by atoms with E-state index in [-0.39, 0.29) is 11.4 Å². The summed E-state index contributed by atoms with van der Waals surface area (Å²) >= 11 is 0. The molecule has 1 aliphatic carbocycles. The van der Waals surface area contributed by atoms with Gasteiger partial charge in [-0.3, -0.25) is 4.79 Å². The number of carbonyl (C=O) groups excluding carboxylic acids is 1. The molecule has 114 valence electrons. The van der Waals surface area contributed by atoms with Crippen molar-refractivity contribution in [2.75, 3.05) is 20.8 Å². The summed E-state index contributed by atoms with van der Waals surface area (Å²) in [6, 6.07) is 0. The first-order valence-corrected chi connectivity index (χ1v) is 6.31. The minimum absolute atomic E-state index is 0.194. The summed E-state index contributed by atoms with van der Waals surface area (Å²) in [4.78, 5) is 12.0. The molecule has 0 unspecified atom stereocenters. The predicted molar refractivity (Wildman–Crippen MR) is 66.8 cm³/mol. The molecule has 0 bridgehead atoms. The van der Waals surface area contributed by atoms with Crippen molar-refractivity contribution >= 4 is 5.78 Å². The minimum atomic E-state index is -1.30. The SMILES string of the molecule is CO[C@]1(C)O[C@H]2[C@H](O)C(CO)=CC(=O)[C@@H]2O[C@@]1(C)OC. The van der Waals surface area contributed by atoms with Gasteiger partial charge in [-0.2, -0.15) is 0 Å². The van der Waals surface area contributed by atoms with Gasteiger partial charge in [0.25, 0.3) is 0 Å². The van der Waals surface area contributed by atoms with Crippen LogP contribution in [0.1, 0.15) is 13.8 Å². The van der Waals surface area contributed by atoms with Crippen LogP contribution in [0, 0.1) is 0 Å². The smallest absolute Gasteiger partial charge is 0.221 e. The summed E-state index contributed by atoms with van der Waals surface area (Å²) in [7, 11) is 2.83. The van der Waals surface area contributed by atoms with E-state index < -0.39 is 36.5 Å². The maximum atomic E-state index is 12.0. The van der Waals surface area contributed by atoms with Crippen molar-refractivity contribution in [3.63, 3.8) is 0 Å². The quantitative estimate of drug-likeness (QED) is 0.713. The Morgan fingerprint density at radius 1 is 1.25 bits per heavy atom. The van der Waals surface area contributed by atoms with Gasteiger partial charge in [0, 0.05) is 14.2 Å². The van der Waals surface area contributed by atoms with Gasteiger partial charge in [-0.15, -0.1) is 0 Å². The third kappa shape index (κ3) is 2.11. The topological polar surface area (TPSA) is 94.5 Å². The molecule has 0 aromatic heterocycles. The van der Waals surface area contributed by atoms with Crippen molar-refractivity contribution in [2.45, 2.75) is 43.7 Å². The van der Waals surface area contributed by atoms with Crippen molar-refractivity contribution in [3.8, 4) is 0 Å². The number of aliphatic hydroxyl groups is 2. The van der Waals surface area contributed by atoms with Crippen molar-refractivity contribution in [2.24, 2.45) is 0 Å². The summed E-state index contributed by atoms with van der Waals surface area (Å²) in [6.45, 7) is 2.77. The van der Waals surface area contributed by atoms with Crippen LogP contribution >= 0.6 is 0 Å². The zero-order valence-electron chi connectivity index (χ0n) is 12.0. The lowest BCUT2D eigenvalue weighted by Gasteiger charge is -2.53. The van der Waals surface area contributed by atoms with Crippen LogP contribution in [0.5, 0.6) is 0 Å². The Morgan fingerprint density at radius 3 is 2.30 bits per heavy atom. The van der Waals surface area contributed by atoms with Crippen LogP contribution in [0.4, 0.5) is 0 Å². The van der Waals surface area contributed by atoms with Gasteiger partial charge in [0.1, 0.15) is 12.2 Å². The zero-order chi connectivity index (χ0) is 15.1. The fraction of sp³-hybridized carbons (Fsp3) is 0.769. The molecule has 1 heterocycles. The van der Waals surface area contributed by atoms with Crippen LogP contribution < -0.4 is 0 Å². The molecule has 0 saturated carbocycles. The molecule has 7 nitrogen and oxygen atoms in total. The van der Waals surface area contributed by atoms with Crippen molar-refractivity contribution in [3.05, 3.63) is 11.6 Å². The monoisotopic (exact) mass is 288 g/mol. The van der Waals surface area contributed by atoms with Gasteiger partial charge in [-0.1, -0.05) is 0 Å². The molecule has 0 amide bonds. The van der Waals surface area contributed by atoms with E-state index in [0.29, 0.717) is 0 Å². The van der Waals surface area contributed by atoms with E-state index in [0.717, 1.165) is 0 Å². The normalized spacial score (nSPS) is 45.0. The summed E-state index contributed by atoms with van der Waals surface area (Å²) in [5.74, 6) is -2.99. The van der Waals surface area contributed by atoms with E-state index in [1.165, 1.54) is 20.3 Å². The van der Waals surface area contributed by atoms with E-state index in [1.54, 1.807) is 13.8 Å². The van der Waals surface area contributed by atoms with E-state index in [2.05, 4.69) is 0 Å². The molecular weight excluding hydrogens is 268 g/mol. The molecule has 2 aliphatic rings. The Labute approximate surface area is 117 Å². The molecule has 0 aromatic carbocycles. The van der Waals surface area contributed by atoms with Gasteiger partial charge in [0.05, 0.1) is 6.61 Å². The molecule has 7 heteroatoms. The molecule has 1 fully saturated rings. The van der Waals surface area contributed by atoms with Crippen molar-refractivity contribution in [1.82, 2.24) is 0 Å². The van der Waals surface area contributed by atoms with Crippen LogP contribution in [-0.4, -0.2) is 66.7 Å². The highest BCUT2D eigenvalue weighted by Gasteiger charge is 2.60. The lowest BCUT2D eigenvalue weighted by atomic mass is 9.88. The number of methoxy groups -OCH3 is 2. The van der Waals surface area contributed by atoms with E-state index >= 15 is 0 Å². The first-order chi connectivity index (χ1) is 9.31. The molecular formula is C13H20O7. The molecule has 0 aromatic rings. The molecule has 2 rings (SSSR count). The molecule has 5 atom stereocenters. The van der Waals surface area contributed by atoms with Crippen LogP contribution in [0.3, 0.4) is 0 Å². The van der Waals surface area contributed by atoms with E-state index in [4.69, 9.17) is 18.9 Å². The lowest BCUT2D eigenvalue weighted by Crippen LogP contribution is -2.69. The lowest BCUT2D eigenvalue weighted by molar-refractivity contribution is -0.447. The third-order valence-corrected chi connectivity index (χ3v) is 4.10. The maximum Gasteiger partial charge on any atom is 0.221 e. The Balaban J connectivity index is 2.39. The van der Waals surface area contributed by atoms with E-state index in [1.807, 2.05) is 0 Å². The average Bonchev–Trinajstić information content (AvgIpc) is 2.45. The molecule has 1 aliphatic heterocycles. The largest absolute Gasteiger partial charge is 0.392 e. The number of hydrogen-bond acceptors (Lipinski definition) is 7. The first kappa shape index (κ1) is 15.6. The van der Waals surface area contributed by atoms with Crippen molar-refractivity contribution in [1.29, 1.82) is 0 Å². The number of carbonyl (C=O) groups is 1. The minimum Gasteiger partial charge on any atom is -0.392 e. The summed E-state index contributed by atoms with van der Waals surface area (Å²) in [5.41, 5.74) is 0.194. The second kappa shape index (κ2) is 5.18. The van der Waals surface area contributed by atoms with Gasteiger partial charge in [-0.05, 0) is 25.5 Å². The van der Waals surface area contributed by atoms with E-state index in [9.17, 15) is 15.0 Å². The van der Waals surface area contributed by atoms with Crippen LogP contribution in [0.25, 0.3) is 0 Å². The number of hydrogen-bond donors (Lipinski definition) is 2. The zero-order valence-corrected chi connectivity index (χ0v) is 12.0. The van der Waals surface area contributed by atoms with Gasteiger partial charge in [-0.25, -0.2) is 0 Å². The highest BCUT2D eigenvalue weighted by atomic mass is 16.8. The summed E-state index contributed by atoms with van der Waals surface area (Å²) in [5, 5.41) is 19.3. The number of rotatable bonds is 3. The Bertz CT molecular complexity index is 434. The molecule has 0 spiro atoms. The highest BCUT2D eigenvalue weighted by Crippen LogP contribution is 2.42. The maximum absolute atomic E-state index is 12.0. The fourth-order valence-corrected chi connectivity index (χ4v) is 2.46. The predicted octanol–water partition coefficient (Wildman–Crippen LogP) is -0.642. The standard InChI is InChI=1S/C13H20O7/c1-12(17-3)13(2,18-4)20-11-9(16)7(6-14)5-8(15)10(11)19-12/h5,9-11,14,16H,6H2,1-4H3/t9-,10+,11+,12-,13-/m1/s1. The van der Waals surface area contributed by atoms with Crippen molar-refractivity contribution < 1.29 is 34.0 Å². The van der Waals surface area contributed by atoms with Gasteiger partial charge >= 0.3 is 0 Å². The summed E-state index contributed by atoms with van der Waals surface area (Å²) < 4.78 is 22.1. The molecule has 2 N–H and O–H groups in total. The molecule has 0 radical (unpaired) electrons.